The summed E-state index contributed by atoms with van der Waals surface area (Å²) in [7, 11) is 1.48. The van der Waals surface area contributed by atoms with Gasteiger partial charge < -0.3 is 9.84 Å². The lowest BCUT2D eigenvalue weighted by Crippen LogP contribution is -2.21. The van der Waals surface area contributed by atoms with Crippen molar-refractivity contribution in [3.8, 4) is 11.5 Å². The highest BCUT2D eigenvalue weighted by atomic mass is 127. The summed E-state index contributed by atoms with van der Waals surface area (Å²) in [5.41, 5.74) is 2.64. The molecular weight excluding hydrogens is 419 g/mol. The zero-order valence-corrected chi connectivity index (χ0v) is 15.3. The van der Waals surface area contributed by atoms with Crippen LogP contribution in [0.2, 0.25) is 0 Å². The van der Waals surface area contributed by atoms with Gasteiger partial charge in [0.05, 0.1) is 24.1 Å². The van der Waals surface area contributed by atoms with Crippen LogP contribution < -0.4 is 9.75 Å². The first kappa shape index (κ1) is 16.5. The number of methoxy groups -OCH3 is 1. The molecule has 1 heterocycles. The molecule has 2 aromatic carbocycles. The van der Waals surface area contributed by atoms with Crippen LogP contribution in [0.1, 0.15) is 12.5 Å². The molecule has 0 radical (unpaired) electrons. The fourth-order valence-corrected chi connectivity index (χ4v) is 2.75. The first-order chi connectivity index (χ1) is 11.5. The molecule has 1 aliphatic rings. The Kier molecular flexibility index (Phi) is 4.57. The van der Waals surface area contributed by atoms with Gasteiger partial charge in [-0.25, -0.2) is 0 Å². The number of benzene rings is 2. The van der Waals surface area contributed by atoms with E-state index in [-0.39, 0.29) is 11.7 Å². The second-order valence-electron chi connectivity index (χ2n) is 5.27. The number of amides is 1. The molecule has 0 aromatic heterocycles. The number of hydrazone groups is 1. The summed E-state index contributed by atoms with van der Waals surface area (Å²) in [5.74, 6) is 0.239. The Labute approximate surface area is 153 Å². The number of aromatic hydroxyl groups is 1. The molecule has 0 bridgehead atoms. The SMILES string of the molecule is COc1cc(C=C2C(=O)N(c3ccc(I)cc3)N=C2C)ccc1O. The number of nitrogens with zero attached hydrogens (tertiary/aromatic N) is 2. The average molecular weight is 434 g/mol. The smallest absolute Gasteiger partial charge is 0.280 e. The second-order valence-corrected chi connectivity index (χ2v) is 6.51. The summed E-state index contributed by atoms with van der Waals surface area (Å²) in [6, 6.07) is 12.5. The first-order valence-electron chi connectivity index (χ1n) is 7.24. The molecule has 0 spiro atoms. The predicted octanol–water partition coefficient (Wildman–Crippen LogP) is 3.81. The van der Waals surface area contributed by atoms with Crippen molar-refractivity contribution >= 4 is 46.0 Å². The Morgan fingerprint density at radius 1 is 1.21 bits per heavy atom. The molecule has 1 aliphatic heterocycles. The highest BCUT2D eigenvalue weighted by molar-refractivity contribution is 14.1. The zero-order valence-electron chi connectivity index (χ0n) is 13.2. The molecule has 1 amide bonds. The standard InChI is InChI=1S/C18H15IN2O3/c1-11-15(9-12-3-8-16(22)17(10-12)24-2)18(23)21(20-11)14-6-4-13(19)5-7-14/h3-10,22H,1-2H3. The number of halogens is 1. The number of anilines is 1. The van der Waals surface area contributed by atoms with Crippen molar-refractivity contribution in [2.24, 2.45) is 5.10 Å². The first-order valence-corrected chi connectivity index (χ1v) is 8.32. The Hall–Kier alpha value is -2.35. The van der Waals surface area contributed by atoms with Crippen LogP contribution in [0.5, 0.6) is 11.5 Å². The van der Waals surface area contributed by atoms with Crippen molar-refractivity contribution in [1.29, 1.82) is 0 Å². The molecule has 0 unspecified atom stereocenters. The van der Waals surface area contributed by atoms with Gasteiger partial charge in [-0.15, -0.1) is 0 Å². The summed E-state index contributed by atoms with van der Waals surface area (Å²) < 4.78 is 6.19. The third kappa shape index (κ3) is 3.14. The fourth-order valence-electron chi connectivity index (χ4n) is 2.39. The Morgan fingerprint density at radius 3 is 2.58 bits per heavy atom. The summed E-state index contributed by atoms with van der Waals surface area (Å²) in [5, 5.41) is 15.4. The maximum absolute atomic E-state index is 12.7. The zero-order chi connectivity index (χ0) is 17.3. The number of rotatable bonds is 3. The Morgan fingerprint density at radius 2 is 1.92 bits per heavy atom. The lowest BCUT2D eigenvalue weighted by atomic mass is 10.1. The molecule has 3 rings (SSSR count). The van der Waals surface area contributed by atoms with E-state index in [1.165, 1.54) is 18.2 Å². The predicted molar refractivity (Wildman–Crippen MR) is 102 cm³/mol. The lowest BCUT2D eigenvalue weighted by Gasteiger charge is -2.11. The van der Waals surface area contributed by atoms with Crippen molar-refractivity contribution in [1.82, 2.24) is 0 Å². The van der Waals surface area contributed by atoms with Gasteiger partial charge in [0.1, 0.15) is 0 Å². The van der Waals surface area contributed by atoms with Gasteiger partial charge in [-0.3, -0.25) is 4.79 Å². The van der Waals surface area contributed by atoms with Crippen LogP contribution in [-0.4, -0.2) is 23.8 Å². The van der Waals surface area contributed by atoms with Gasteiger partial charge in [-0.05, 0) is 77.6 Å². The maximum Gasteiger partial charge on any atom is 0.280 e. The molecule has 0 aliphatic carbocycles. The largest absolute Gasteiger partial charge is 0.504 e. The van der Waals surface area contributed by atoms with Crippen LogP contribution in [0.15, 0.2) is 53.1 Å². The van der Waals surface area contributed by atoms with E-state index in [2.05, 4.69) is 27.7 Å². The van der Waals surface area contributed by atoms with E-state index in [1.807, 2.05) is 24.3 Å². The van der Waals surface area contributed by atoms with Crippen molar-refractivity contribution < 1.29 is 14.6 Å². The molecule has 0 saturated heterocycles. The number of phenolic OH excluding ortho intramolecular Hbond substituents is 1. The monoisotopic (exact) mass is 434 g/mol. The molecule has 2 aromatic rings. The van der Waals surface area contributed by atoms with Crippen LogP contribution in [0.4, 0.5) is 5.69 Å². The Bertz CT molecular complexity index is 857. The highest BCUT2D eigenvalue weighted by Crippen LogP contribution is 2.29. The van der Waals surface area contributed by atoms with Gasteiger partial charge in [-0.2, -0.15) is 10.1 Å². The normalized spacial score (nSPS) is 15.8. The number of ether oxygens (including phenoxy) is 1. The molecule has 0 fully saturated rings. The number of carbonyl (C=O) groups is 1. The van der Waals surface area contributed by atoms with E-state index in [4.69, 9.17) is 4.74 Å². The number of carbonyl (C=O) groups excluding carboxylic acids is 1. The third-order valence-electron chi connectivity index (χ3n) is 3.65. The maximum atomic E-state index is 12.7. The minimum absolute atomic E-state index is 0.0586. The summed E-state index contributed by atoms with van der Waals surface area (Å²) in [6.45, 7) is 1.80. The van der Waals surface area contributed by atoms with Crippen molar-refractivity contribution in [2.75, 3.05) is 12.1 Å². The van der Waals surface area contributed by atoms with E-state index in [1.54, 1.807) is 25.1 Å². The molecule has 0 atom stereocenters. The molecular formula is C18H15IN2O3. The molecule has 6 heteroatoms. The van der Waals surface area contributed by atoms with Crippen molar-refractivity contribution in [3.63, 3.8) is 0 Å². The summed E-state index contributed by atoms with van der Waals surface area (Å²) in [4.78, 5) is 12.7. The molecule has 122 valence electrons. The molecule has 1 N–H and O–H groups in total. The Balaban J connectivity index is 1.94. The van der Waals surface area contributed by atoms with Crippen LogP contribution in [0, 0.1) is 3.57 Å². The minimum Gasteiger partial charge on any atom is -0.504 e. The molecule has 0 saturated carbocycles. The van der Waals surface area contributed by atoms with E-state index in [9.17, 15) is 9.90 Å². The van der Waals surface area contributed by atoms with E-state index < -0.39 is 0 Å². The lowest BCUT2D eigenvalue weighted by molar-refractivity contribution is -0.114. The van der Waals surface area contributed by atoms with Gasteiger partial charge in [0.25, 0.3) is 5.91 Å². The van der Waals surface area contributed by atoms with Crippen LogP contribution in [0.3, 0.4) is 0 Å². The number of phenols is 1. The molecule has 24 heavy (non-hydrogen) atoms. The van der Waals surface area contributed by atoms with Gasteiger partial charge in [0, 0.05) is 3.57 Å². The van der Waals surface area contributed by atoms with Crippen LogP contribution in [0.25, 0.3) is 6.08 Å². The van der Waals surface area contributed by atoms with Crippen LogP contribution in [-0.2, 0) is 4.79 Å². The fraction of sp³-hybridized carbons (Fsp3) is 0.111. The van der Waals surface area contributed by atoms with E-state index >= 15 is 0 Å². The van der Waals surface area contributed by atoms with Gasteiger partial charge in [0.15, 0.2) is 11.5 Å². The average Bonchev–Trinajstić information content (AvgIpc) is 2.85. The number of hydrogen-bond acceptors (Lipinski definition) is 4. The topological polar surface area (TPSA) is 62.1 Å². The second kappa shape index (κ2) is 6.64. The highest BCUT2D eigenvalue weighted by Gasteiger charge is 2.28. The van der Waals surface area contributed by atoms with E-state index in [0.717, 1.165) is 14.8 Å². The van der Waals surface area contributed by atoms with E-state index in [0.29, 0.717) is 17.0 Å². The number of hydrogen-bond donors (Lipinski definition) is 1. The van der Waals surface area contributed by atoms with Gasteiger partial charge >= 0.3 is 0 Å². The molecule has 5 nitrogen and oxygen atoms in total. The van der Waals surface area contributed by atoms with Gasteiger partial charge in [0.2, 0.25) is 0 Å². The third-order valence-corrected chi connectivity index (χ3v) is 4.37. The minimum atomic E-state index is -0.180. The van der Waals surface area contributed by atoms with Crippen LogP contribution >= 0.6 is 22.6 Å². The van der Waals surface area contributed by atoms with Crippen molar-refractivity contribution in [3.05, 3.63) is 57.2 Å². The summed E-state index contributed by atoms with van der Waals surface area (Å²) in [6.07, 6.45) is 1.75. The van der Waals surface area contributed by atoms with Crippen molar-refractivity contribution in [2.45, 2.75) is 6.92 Å². The quantitative estimate of drug-likeness (QED) is 0.591. The van der Waals surface area contributed by atoms with Gasteiger partial charge in [-0.1, -0.05) is 6.07 Å². The summed E-state index contributed by atoms with van der Waals surface area (Å²) >= 11 is 2.21.